The third-order valence-corrected chi connectivity index (χ3v) is 3.75. The third kappa shape index (κ3) is 4.19. The van der Waals surface area contributed by atoms with Gasteiger partial charge in [0.05, 0.1) is 0 Å². The number of carbonyl (C=O) groups is 1. The van der Waals surface area contributed by atoms with Crippen molar-refractivity contribution in [2.45, 2.75) is 17.8 Å². The Morgan fingerprint density at radius 1 is 1.24 bits per heavy atom. The van der Waals surface area contributed by atoms with Crippen LogP contribution in [0, 0.1) is 6.92 Å². The predicted octanol–water partition coefficient (Wildman–Crippen LogP) is 2.36. The lowest BCUT2D eigenvalue weighted by Crippen LogP contribution is -2.21. The van der Waals surface area contributed by atoms with Crippen molar-refractivity contribution < 1.29 is 4.79 Å². The van der Waals surface area contributed by atoms with Gasteiger partial charge < -0.3 is 10.6 Å². The van der Waals surface area contributed by atoms with Crippen LogP contribution in [0.5, 0.6) is 0 Å². The Hall–Kier alpha value is -2.08. The number of amides is 1. The average Bonchev–Trinajstić information content (AvgIpc) is 2.44. The van der Waals surface area contributed by atoms with Crippen LogP contribution in [0.1, 0.15) is 21.6 Å². The van der Waals surface area contributed by atoms with E-state index in [1.54, 1.807) is 25.1 Å². The monoisotopic (exact) mass is 302 g/mol. The molecule has 0 bridgehead atoms. The first-order valence-corrected chi connectivity index (χ1v) is 7.49. The summed E-state index contributed by atoms with van der Waals surface area (Å²) in [6.07, 6.45) is 0. The summed E-state index contributed by atoms with van der Waals surface area (Å²) in [5.74, 6) is 1.22. The fourth-order valence-electron chi connectivity index (χ4n) is 1.78. The van der Waals surface area contributed by atoms with Crippen molar-refractivity contribution in [1.82, 2.24) is 14.9 Å². The number of rotatable bonds is 4. The predicted molar refractivity (Wildman–Crippen MR) is 85.2 cm³/mol. The smallest absolute Gasteiger partial charge is 0.253 e. The van der Waals surface area contributed by atoms with Crippen molar-refractivity contribution in [3.63, 3.8) is 0 Å². The largest absolute Gasteiger partial charge is 0.384 e. The minimum atomic E-state index is 0.00370. The van der Waals surface area contributed by atoms with E-state index in [0.29, 0.717) is 16.5 Å². The number of aromatic nitrogens is 2. The van der Waals surface area contributed by atoms with Gasteiger partial charge in [-0.1, -0.05) is 23.9 Å². The van der Waals surface area contributed by atoms with Crippen LogP contribution in [0.25, 0.3) is 0 Å². The van der Waals surface area contributed by atoms with E-state index in [2.05, 4.69) is 9.97 Å². The molecule has 0 radical (unpaired) electrons. The first-order chi connectivity index (χ1) is 9.95. The summed E-state index contributed by atoms with van der Waals surface area (Å²) in [6.45, 7) is 1.89. The number of aryl methyl sites for hydroxylation is 1. The fraction of sp³-hybridized carbons (Fsp3) is 0.267. The van der Waals surface area contributed by atoms with Crippen LogP contribution in [-0.4, -0.2) is 34.9 Å². The van der Waals surface area contributed by atoms with Crippen LogP contribution in [0.15, 0.2) is 35.5 Å². The fourth-order valence-corrected chi connectivity index (χ4v) is 2.65. The van der Waals surface area contributed by atoms with Crippen LogP contribution in [0.4, 0.5) is 5.82 Å². The van der Waals surface area contributed by atoms with Crippen LogP contribution >= 0.6 is 11.8 Å². The first kappa shape index (κ1) is 15.3. The molecule has 1 aromatic carbocycles. The number of benzene rings is 1. The normalized spacial score (nSPS) is 10.4. The zero-order valence-electron chi connectivity index (χ0n) is 12.3. The van der Waals surface area contributed by atoms with Crippen molar-refractivity contribution in [3.8, 4) is 0 Å². The molecule has 0 atom stereocenters. The van der Waals surface area contributed by atoms with E-state index in [0.717, 1.165) is 17.0 Å². The third-order valence-electron chi connectivity index (χ3n) is 2.83. The van der Waals surface area contributed by atoms with Crippen molar-refractivity contribution in [2.24, 2.45) is 0 Å². The molecule has 1 heterocycles. The van der Waals surface area contributed by atoms with Crippen molar-refractivity contribution in [1.29, 1.82) is 0 Å². The molecule has 1 aromatic heterocycles. The van der Waals surface area contributed by atoms with Crippen molar-refractivity contribution in [3.05, 3.63) is 47.2 Å². The summed E-state index contributed by atoms with van der Waals surface area (Å²) in [7, 11) is 3.48. The molecular formula is C15H18N4OS. The van der Waals surface area contributed by atoms with E-state index in [4.69, 9.17) is 5.73 Å². The Labute approximate surface area is 128 Å². The highest BCUT2D eigenvalue weighted by Crippen LogP contribution is 2.20. The van der Waals surface area contributed by atoms with E-state index in [1.165, 1.54) is 11.8 Å². The van der Waals surface area contributed by atoms with Gasteiger partial charge in [-0.15, -0.1) is 0 Å². The Morgan fingerprint density at radius 2 is 1.90 bits per heavy atom. The topological polar surface area (TPSA) is 72.1 Å². The lowest BCUT2D eigenvalue weighted by molar-refractivity contribution is 0.0827. The van der Waals surface area contributed by atoms with Gasteiger partial charge in [-0.3, -0.25) is 4.79 Å². The molecule has 6 heteroatoms. The molecule has 110 valence electrons. The number of hydrogen-bond donors (Lipinski definition) is 1. The highest BCUT2D eigenvalue weighted by atomic mass is 32.2. The molecule has 0 saturated carbocycles. The summed E-state index contributed by atoms with van der Waals surface area (Å²) < 4.78 is 0. The molecule has 21 heavy (non-hydrogen) atoms. The number of hydrogen-bond acceptors (Lipinski definition) is 5. The summed E-state index contributed by atoms with van der Waals surface area (Å²) in [6, 6.07) is 9.31. The molecule has 5 nitrogen and oxygen atoms in total. The molecule has 2 rings (SSSR count). The van der Waals surface area contributed by atoms with Crippen LogP contribution in [0.3, 0.4) is 0 Å². The van der Waals surface area contributed by atoms with E-state index in [9.17, 15) is 4.79 Å². The number of nitrogens with zero attached hydrogens (tertiary/aromatic N) is 3. The average molecular weight is 302 g/mol. The molecule has 1 amide bonds. The van der Waals surface area contributed by atoms with Gasteiger partial charge >= 0.3 is 0 Å². The van der Waals surface area contributed by atoms with Crippen LogP contribution < -0.4 is 5.73 Å². The molecule has 0 spiro atoms. The Morgan fingerprint density at radius 3 is 2.48 bits per heavy atom. The van der Waals surface area contributed by atoms with Crippen LogP contribution in [-0.2, 0) is 5.75 Å². The quantitative estimate of drug-likeness (QED) is 0.693. The number of nitrogen functional groups attached to an aromatic ring is 1. The lowest BCUT2D eigenvalue weighted by Gasteiger charge is -2.10. The van der Waals surface area contributed by atoms with Gasteiger partial charge in [0.2, 0.25) is 0 Å². The Kier molecular flexibility index (Phi) is 4.80. The number of carbonyl (C=O) groups excluding carboxylic acids is 1. The molecule has 2 N–H and O–H groups in total. The Balaban J connectivity index is 2.02. The molecule has 0 aliphatic rings. The number of thioether (sulfide) groups is 1. The lowest BCUT2D eigenvalue weighted by atomic mass is 10.1. The van der Waals surface area contributed by atoms with Gasteiger partial charge in [-0.25, -0.2) is 9.97 Å². The van der Waals surface area contributed by atoms with Gasteiger partial charge in [0.1, 0.15) is 5.82 Å². The first-order valence-electron chi connectivity index (χ1n) is 6.50. The van der Waals surface area contributed by atoms with Gasteiger partial charge in [0.15, 0.2) is 5.16 Å². The highest BCUT2D eigenvalue weighted by molar-refractivity contribution is 7.98. The maximum atomic E-state index is 11.8. The summed E-state index contributed by atoms with van der Waals surface area (Å²) in [4.78, 5) is 21.9. The van der Waals surface area contributed by atoms with E-state index in [-0.39, 0.29) is 5.91 Å². The van der Waals surface area contributed by atoms with Crippen molar-refractivity contribution in [2.75, 3.05) is 19.8 Å². The Bertz CT molecular complexity index is 620. The molecule has 0 fully saturated rings. The van der Waals surface area contributed by atoms with E-state index in [1.807, 2.05) is 31.2 Å². The second-order valence-corrected chi connectivity index (χ2v) is 5.84. The number of anilines is 1. The van der Waals surface area contributed by atoms with Crippen molar-refractivity contribution >= 4 is 23.5 Å². The minimum absolute atomic E-state index is 0.00370. The molecule has 0 aliphatic carbocycles. The number of nitrogens with two attached hydrogens (primary N) is 1. The SMILES string of the molecule is Cc1cc(N)nc(SCc2ccc(C(=O)N(C)C)cc2)n1. The van der Waals surface area contributed by atoms with Gasteiger partial charge in [0.25, 0.3) is 5.91 Å². The second kappa shape index (κ2) is 6.58. The molecule has 2 aromatic rings. The summed E-state index contributed by atoms with van der Waals surface area (Å²) in [5.41, 5.74) is 8.36. The van der Waals surface area contributed by atoms with Gasteiger partial charge in [-0.05, 0) is 24.6 Å². The molecule has 0 unspecified atom stereocenters. The molecule has 0 aliphatic heterocycles. The standard InChI is InChI=1S/C15H18N4OS/c1-10-8-13(16)18-15(17-10)21-9-11-4-6-12(7-5-11)14(20)19(2)3/h4-8H,9H2,1-3H3,(H2,16,17,18). The van der Waals surface area contributed by atoms with E-state index < -0.39 is 0 Å². The maximum absolute atomic E-state index is 11.8. The highest BCUT2D eigenvalue weighted by Gasteiger charge is 2.07. The second-order valence-electron chi connectivity index (χ2n) is 4.90. The molecule has 0 saturated heterocycles. The minimum Gasteiger partial charge on any atom is -0.384 e. The van der Waals surface area contributed by atoms with Gasteiger partial charge in [0, 0.05) is 37.2 Å². The van der Waals surface area contributed by atoms with E-state index >= 15 is 0 Å². The zero-order valence-corrected chi connectivity index (χ0v) is 13.1. The maximum Gasteiger partial charge on any atom is 0.253 e. The summed E-state index contributed by atoms with van der Waals surface area (Å²) in [5, 5.41) is 0.668. The summed E-state index contributed by atoms with van der Waals surface area (Å²) >= 11 is 1.52. The van der Waals surface area contributed by atoms with Crippen LogP contribution in [0.2, 0.25) is 0 Å². The molecular weight excluding hydrogens is 284 g/mol. The zero-order chi connectivity index (χ0) is 15.4. The van der Waals surface area contributed by atoms with Gasteiger partial charge in [-0.2, -0.15) is 0 Å².